The molecule has 0 saturated carbocycles. The minimum Gasteiger partial charge on any atom is -0.459 e. The van der Waals surface area contributed by atoms with Gasteiger partial charge in [0.15, 0.2) is 12.6 Å². The normalized spacial score (nSPS) is 38.1. The number of aliphatic hydroxyl groups is 4. The molecule has 20 atom stereocenters. The smallest absolute Gasteiger partial charge is 0.311 e. The molecule has 6 rings (SSSR count). The van der Waals surface area contributed by atoms with Crippen LogP contribution in [0, 0.1) is 23.7 Å². The Labute approximate surface area is 448 Å². The van der Waals surface area contributed by atoms with E-state index in [1.807, 2.05) is 62.2 Å². The average Bonchev–Trinajstić information content (AvgIpc) is 3.89. The van der Waals surface area contributed by atoms with Crippen LogP contribution in [0.15, 0.2) is 55.0 Å². The third kappa shape index (κ3) is 13.4. The molecule has 0 aliphatic carbocycles. The number of halogens is 1. The van der Waals surface area contributed by atoms with Crippen LogP contribution >= 0.6 is 0 Å². The molecule has 3 aromatic rings. The van der Waals surface area contributed by atoms with Gasteiger partial charge in [0.2, 0.25) is 0 Å². The number of methoxy groups -OCH3 is 3. The van der Waals surface area contributed by atoms with Gasteiger partial charge in [-0.05, 0) is 90.6 Å². The highest BCUT2D eigenvalue weighted by Gasteiger charge is 2.54. The van der Waals surface area contributed by atoms with Crippen molar-refractivity contribution in [2.75, 3.05) is 41.6 Å². The monoisotopic (exact) mass is 1070 g/mol. The van der Waals surface area contributed by atoms with Crippen molar-refractivity contribution < 1.29 is 72.3 Å². The van der Waals surface area contributed by atoms with Gasteiger partial charge < -0.3 is 63.2 Å². The number of carbonyl (C=O) groups excluding carboxylic acids is 2. The number of ketones is 1. The molecule has 0 unspecified atom stereocenters. The molecule has 5 heterocycles. The molecular formula is C56H86FN5O14. The van der Waals surface area contributed by atoms with Crippen LogP contribution in [-0.4, -0.2) is 183 Å². The maximum atomic E-state index is 14.9. The van der Waals surface area contributed by atoms with E-state index in [2.05, 4.69) is 15.3 Å². The molecule has 19 nitrogen and oxygen atoms in total. The molecule has 3 saturated heterocycles. The number of rotatable bonds is 17. The van der Waals surface area contributed by atoms with E-state index in [1.165, 1.54) is 39.9 Å². The summed E-state index contributed by atoms with van der Waals surface area (Å²) in [5.41, 5.74) is -1.16. The second-order valence-corrected chi connectivity index (χ2v) is 22.3. The minimum atomic E-state index is -2.02. The van der Waals surface area contributed by atoms with Gasteiger partial charge in [0, 0.05) is 83.1 Å². The maximum absolute atomic E-state index is 14.9. The number of ether oxygens (including phenoxy) is 8. The van der Waals surface area contributed by atoms with Crippen molar-refractivity contribution in [2.45, 2.75) is 198 Å². The summed E-state index contributed by atoms with van der Waals surface area (Å²) in [5.74, 6) is -4.87. The van der Waals surface area contributed by atoms with Gasteiger partial charge in [-0.2, -0.15) is 0 Å². The van der Waals surface area contributed by atoms with E-state index in [0.29, 0.717) is 25.1 Å². The molecule has 76 heavy (non-hydrogen) atoms. The largest absolute Gasteiger partial charge is 0.459 e. The first-order valence-corrected chi connectivity index (χ1v) is 26.8. The maximum Gasteiger partial charge on any atom is 0.311 e. The highest BCUT2D eigenvalue weighted by atomic mass is 19.1. The van der Waals surface area contributed by atoms with Crippen LogP contribution in [0.5, 0.6) is 0 Å². The molecule has 0 amide bonds. The number of esters is 1. The first-order valence-electron chi connectivity index (χ1n) is 26.8. The lowest BCUT2D eigenvalue weighted by molar-refractivity contribution is -0.319. The number of hydrogen-bond donors (Lipinski definition) is 4. The summed E-state index contributed by atoms with van der Waals surface area (Å²) in [7, 11) is 6.40. The Bertz CT molecular complexity index is 2320. The molecule has 2 aromatic heterocycles. The van der Waals surface area contributed by atoms with Crippen LogP contribution in [0.2, 0.25) is 0 Å². The molecule has 0 radical (unpaired) electrons. The van der Waals surface area contributed by atoms with Crippen molar-refractivity contribution in [3.63, 3.8) is 0 Å². The fourth-order valence-corrected chi connectivity index (χ4v) is 11.8. The number of aromatic nitrogens is 4. The fourth-order valence-electron chi connectivity index (χ4n) is 11.8. The van der Waals surface area contributed by atoms with Gasteiger partial charge in [-0.25, -0.2) is 9.07 Å². The Morgan fingerprint density at radius 1 is 0.895 bits per heavy atom. The molecular weight excluding hydrogens is 986 g/mol. The predicted octanol–water partition coefficient (Wildman–Crippen LogP) is 5.60. The lowest BCUT2D eigenvalue weighted by Crippen LogP contribution is -2.61. The lowest BCUT2D eigenvalue weighted by Gasteiger charge is -2.50. The van der Waals surface area contributed by atoms with Crippen LogP contribution in [0.1, 0.15) is 118 Å². The summed E-state index contributed by atoms with van der Waals surface area (Å²) < 4.78 is 67.1. The molecule has 1 aromatic carbocycles. The highest BCUT2D eigenvalue weighted by molar-refractivity contribution is 5.83. The van der Waals surface area contributed by atoms with Crippen molar-refractivity contribution in [1.29, 1.82) is 0 Å². The zero-order valence-electron chi connectivity index (χ0n) is 46.9. The first-order chi connectivity index (χ1) is 35.9. The number of benzene rings is 1. The van der Waals surface area contributed by atoms with Crippen molar-refractivity contribution in [2.24, 2.45) is 23.7 Å². The molecule has 3 fully saturated rings. The van der Waals surface area contributed by atoms with Crippen molar-refractivity contribution >= 4 is 11.8 Å². The number of pyridine rings is 1. The summed E-state index contributed by atoms with van der Waals surface area (Å²) in [6.45, 7) is 16.6. The number of Topliss-reactive ketones (excluding diaryl/α,β-unsaturated/α-hetero) is 1. The van der Waals surface area contributed by atoms with Gasteiger partial charge >= 0.3 is 5.97 Å². The van der Waals surface area contributed by atoms with E-state index in [1.54, 1.807) is 60.1 Å². The number of aliphatic hydroxyl groups excluding tert-OH is 3. The second kappa shape index (κ2) is 25.9. The minimum absolute atomic E-state index is 0.0411. The number of alkyl halides is 1. The Balaban J connectivity index is 1.27. The summed E-state index contributed by atoms with van der Waals surface area (Å²) in [6, 6.07) is 10.2. The zero-order chi connectivity index (χ0) is 56.0. The van der Waals surface area contributed by atoms with E-state index in [0.717, 1.165) is 16.7 Å². The van der Waals surface area contributed by atoms with E-state index in [4.69, 9.17) is 37.9 Å². The van der Waals surface area contributed by atoms with E-state index in [9.17, 15) is 34.4 Å². The summed E-state index contributed by atoms with van der Waals surface area (Å²) in [5, 5.41) is 55.7. The molecule has 0 bridgehead atoms. The number of carbonyl (C=O) groups is 2. The molecule has 0 spiro atoms. The molecule has 4 N–H and O–H groups in total. The van der Waals surface area contributed by atoms with Gasteiger partial charge in [-0.1, -0.05) is 63.2 Å². The van der Waals surface area contributed by atoms with Crippen LogP contribution in [0.4, 0.5) is 4.39 Å². The van der Waals surface area contributed by atoms with Gasteiger partial charge in [0.1, 0.15) is 48.5 Å². The molecule has 3 aliphatic heterocycles. The number of likely N-dealkylation sites (N-methyl/N-ethyl adjacent to an activating group) is 1. The van der Waals surface area contributed by atoms with Crippen molar-refractivity contribution in [1.82, 2.24) is 24.9 Å². The summed E-state index contributed by atoms with van der Waals surface area (Å²) in [6.07, 6.45) is -5.06. The van der Waals surface area contributed by atoms with E-state index in [-0.39, 0.29) is 25.0 Å². The summed E-state index contributed by atoms with van der Waals surface area (Å²) in [4.78, 5) is 35.0. The fraction of sp³-hybridized carbons (Fsp3) is 0.732. The Kier molecular flexibility index (Phi) is 20.9. The topological polar surface area (TPSA) is 236 Å². The third-order valence-electron chi connectivity index (χ3n) is 16.8. The lowest BCUT2D eigenvalue weighted by atomic mass is 9.74. The quantitative estimate of drug-likeness (QED) is 0.120. The zero-order valence-corrected chi connectivity index (χ0v) is 46.9. The number of cyclic esters (lactones) is 1. The molecule has 3 aliphatic rings. The SMILES string of the molecule is CC[C@H]1OC(=O)[C@H](C)[C@@H](O[C@H]2C[C@@](C)(OC)[C@@H](O)[C@H](C)O2)[C@H](C)[C@@H](O[C@@H]2O[C@H](C)C[C@H](N(C)CCc3cn([C@H](CF)[C@H](OC)c4ccc(-c5cccnc5)cc4)nn3)[C@H]2O)[C@](C)(OC)C[C@@H](C)C(=O)[C@H](C)[C@@H](O)[C@]1(C)O. The van der Waals surface area contributed by atoms with Crippen LogP contribution in [0.3, 0.4) is 0 Å². The summed E-state index contributed by atoms with van der Waals surface area (Å²) >= 11 is 0. The Morgan fingerprint density at radius 2 is 1.58 bits per heavy atom. The van der Waals surface area contributed by atoms with Crippen molar-refractivity contribution in [3.05, 3.63) is 66.2 Å². The van der Waals surface area contributed by atoms with E-state index < -0.39 is 133 Å². The van der Waals surface area contributed by atoms with Gasteiger partial charge in [0.05, 0.1) is 53.3 Å². The van der Waals surface area contributed by atoms with Gasteiger partial charge in [-0.15, -0.1) is 5.10 Å². The highest BCUT2D eigenvalue weighted by Crippen LogP contribution is 2.42. The van der Waals surface area contributed by atoms with Crippen LogP contribution in [-0.2, 0) is 53.9 Å². The number of hydrogen-bond acceptors (Lipinski definition) is 18. The number of nitrogens with zero attached hydrogens (tertiary/aromatic N) is 5. The van der Waals surface area contributed by atoms with Crippen LogP contribution in [0.25, 0.3) is 11.1 Å². The predicted molar refractivity (Wildman–Crippen MR) is 278 cm³/mol. The first kappa shape index (κ1) is 61.3. The van der Waals surface area contributed by atoms with Gasteiger partial charge in [-0.3, -0.25) is 14.6 Å². The standard InChI is InChI=1S/C56H86FN5O14/c1-15-43-56(10,68)49(65)33(4)45(63)31(2)26-55(9,71-14)51(34(5)47(35(6)52(67)74-43)75-44-27-54(8,70-13)50(66)36(7)73-44)76-53-46(64)41(25-32(3)72-53)61(11)24-22-40-30-62(60-59-40)42(28-57)48(69-12)38-20-18-37(19-21-38)39-17-16-23-58-29-39/h16-21,23,29-36,41-44,46-51,53,64-66,68H,15,22,24-28H2,1-14H3/t31-,32-,33+,34+,35-,36+,41+,42-,43-,44+,46-,47+,48-,49-,50+,51-,53+,54-,55-,56-/m1/s1. The van der Waals surface area contributed by atoms with Crippen LogP contribution < -0.4 is 0 Å². The van der Waals surface area contributed by atoms with Crippen molar-refractivity contribution in [3.8, 4) is 11.1 Å². The third-order valence-corrected chi connectivity index (χ3v) is 16.8. The second-order valence-electron chi connectivity index (χ2n) is 22.3. The molecule has 20 heteroatoms. The Hall–Kier alpha value is -3.90. The molecule has 426 valence electrons. The average molecular weight is 1070 g/mol. The van der Waals surface area contributed by atoms with E-state index >= 15 is 0 Å². The Morgan fingerprint density at radius 3 is 2.18 bits per heavy atom. The van der Waals surface area contributed by atoms with Gasteiger partial charge in [0.25, 0.3) is 0 Å².